The van der Waals surface area contributed by atoms with Gasteiger partial charge in [0, 0.05) is 36.6 Å². The molecule has 1 saturated heterocycles. The number of benzene rings is 1. The van der Waals surface area contributed by atoms with Gasteiger partial charge >= 0.3 is 0 Å². The normalized spacial score (nSPS) is 16.1. The summed E-state index contributed by atoms with van der Waals surface area (Å²) in [6.07, 6.45) is 3.57. The topological polar surface area (TPSA) is 63.5 Å². The maximum atomic E-state index is 5.49. The second-order valence-electron chi connectivity index (χ2n) is 6.57. The van der Waals surface area contributed by atoms with E-state index >= 15 is 0 Å². The Kier molecular flexibility index (Phi) is 4.10. The number of ether oxygens (including phenoxy) is 1. The molecular formula is C21H19N5O. The summed E-state index contributed by atoms with van der Waals surface area (Å²) in [5.41, 5.74) is 4.19. The maximum Gasteiger partial charge on any atom is 0.226 e. The van der Waals surface area contributed by atoms with E-state index in [1.165, 1.54) is 0 Å². The molecule has 0 radical (unpaired) electrons. The van der Waals surface area contributed by atoms with E-state index in [0.29, 0.717) is 19.8 Å². The second-order valence-corrected chi connectivity index (χ2v) is 6.57. The first-order valence-corrected chi connectivity index (χ1v) is 9.14. The fourth-order valence-electron chi connectivity index (χ4n) is 3.52. The van der Waals surface area contributed by atoms with Crippen molar-refractivity contribution in [2.75, 3.05) is 37.7 Å². The fraction of sp³-hybridized carbons (Fsp3) is 0.238. The highest BCUT2D eigenvalue weighted by atomic mass is 16.5. The molecule has 0 bridgehead atoms. The van der Waals surface area contributed by atoms with Crippen molar-refractivity contribution >= 4 is 11.5 Å². The van der Waals surface area contributed by atoms with Crippen molar-refractivity contribution < 1.29 is 4.74 Å². The van der Waals surface area contributed by atoms with Gasteiger partial charge in [-0.05, 0) is 17.7 Å². The van der Waals surface area contributed by atoms with Crippen LogP contribution in [0.25, 0.3) is 16.8 Å². The first-order chi connectivity index (χ1) is 13.4. The first kappa shape index (κ1) is 16.1. The van der Waals surface area contributed by atoms with Crippen LogP contribution in [0.4, 0.5) is 5.95 Å². The Balaban J connectivity index is 1.76. The van der Waals surface area contributed by atoms with Crippen LogP contribution in [0.1, 0.15) is 5.56 Å². The van der Waals surface area contributed by atoms with Gasteiger partial charge in [0.1, 0.15) is 16.4 Å². The number of rotatable bonds is 3. The van der Waals surface area contributed by atoms with Crippen LogP contribution in [0.2, 0.25) is 0 Å². The van der Waals surface area contributed by atoms with Gasteiger partial charge in [0.05, 0.1) is 19.8 Å². The zero-order valence-electron chi connectivity index (χ0n) is 14.9. The Bertz CT molecular complexity index is 1080. The van der Waals surface area contributed by atoms with Gasteiger partial charge in [-0.3, -0.25) is 9.98 Å². The van der Waals surface area contributed by atoms with Crippen LogP contribution >= 0.6 is 0 Å². The second kappa shape index (κ2) is 6.89. The highest BCUT2D eigenvalue weighted by molar-refractivity contribution is 5.70. The average molecular weight is 357 g/mol. The number of nitrogens with zero attached hydrogens (tertiary/aromatic N) is 5. The van der Waals surface area contributed by atoms with Crippen molar-refractivity contribution in [3.8, 4) is 11.3 Å². The van der Waals surface area contributed by atoms with E-state index in [9.17, 15) is 0 Å². The Morgan fingerprint density at radius 3 is 2.41 bits per heavy atom. The van der Waals surface area contributed by atoms with Gasteiger partial charge < -0.3 is 9.64 Å². The van der Waals surface area contributed by atoms with Gasteiger partial charge in [0.25, 0.3) is 0 Å². The molecule has 0 aliphatic carbocycles. The van der Waals surface area contributed by atoms with Crippen molar-refractivity contribution in [3.63, 3.8) is 0 Å². The van der Waals surface area contributed by atoms with Crippen LogP contribution in [0.15, 0.2) is 59.9 Å². The van der Waals surface area contributed by atoms with E-state index < -0.39 is 0 Å². The molecule has 6 nitrogen and oxygen atoms in total. The molecule has 0 saturated carbocycles. The Morgan fingerprint density at radius 1 is 0.852 bits per heavy atom. The van der Waals surface area contributed by atoms with E-state index in [0.717, 1.165) is 52.1 Å². The van der Waals surface area contributed by atoms with Gasteiger partial charge in [-0.25, -0.2) is 9.97 Å². The predicted molar refractivity (Wildman–Crippen MR) is 103 cm³/mol. The first-order valence-electron chi connectivity index (χ1n) is 9.14. The number of morpholine rings is 1. The van der Waals surface area contributed by atoms with Gasteiger partial charge in [-0.15, -0.1) is 0 Å². The highest BCUT2D eigenvalue weighted by Crippen LogP contribution is 2.18. The minimum atomic E-state index is 0.624. The minimum absolute atomic E-state index is 0.624. The molecular weight excluding hydrogens is 338 g/mol. The third kappa shape index (κ3) is 2.98. The lowest BCUT2D eigenvalue weighted by atomic mass is 10.1. The number of fused-ring (bicyclic) bond motifs is 1. The Labute approximate surface area is 156 Å². The fourth-order valence-corrected chi connectivity index (χ4v) is 3.52. The van der Waals surface area contributed by atoms with E-state index in [1.54, 1.807) is 12.4 Å². The van der Waals surface area contributed by atoms with Crippen LogP contribution in [0.5, 0.6) is 0 Å². The molecule has 6 heteroatoms. The molecule has 0 atom stereocenters. The quantitative estimate of drug-likeness (QED) is 0.705. The van der Waals surface area contributed by atoms with E-state index in [1.807, 2.05) is 30.3 Å². The van der Waals surface area contributed by atoms with Crippen molar-refractivity contribution in [2.45, 2.75) is 0 Å². The van der Waals surface area contributed by atoms with E-state index in [4.69, 9.17) is 19.7 Å². The molecule has 134 valence electrons. The summed E-state index contributed by atoms with van der Waals surface area (Å²) in [7, 11) is 0. The van der Waals surface area contributed by atoms with Gasteiger partial charge in [-0.2, -0.15) is 0 Å². The SMILES string of the molecule is c1ccc(C2=c3nc(N4CCOCC4)nc(-c4ccncc4)c3=NC2)cc1. The third-order valence-electron chi connectivity index (χ3n) is 4.92. The summed E-state index contributed by atoms with van der Waals surface area (Å²) in [5.74, 6) is 0.745. The zero-order chi connectivity index (χ0) is 18.1. The third-order valence-corrected chi connectivity index (χ3v) is 4.92. The van der Waals surface area contributed by atoms with Crippen molar-refractivity contribution in [3.05, 3.63) is 71.1 Å². The summed E-state index contributed by atoms with van der Waals surface area (Å²) in [4.78, 5) is 20.9. The van der Waals surface area contributed by atoms with E-state index in [2.05, 4.69) is 22.0 Å². The molecule has 4 heterocycles. The molecule has 2 aromatic heterocycles. The average Bonchev–Trinajstić information content (AvgIpc) is 3.19. The number of hydrogen-bond donors (Lipinski definition) is 0. The van der Waals surface area contributed by atoms with Crippen LogP contribution in [-0.4, -0.2) is 47.8 Å². The van der Waals surface area contributed by atoms with Gasteiger partial charge in [0.2, 0.25) is 5.95 Å². The smallest absolute Gasteiger partial charge is 0.226 e. The number of anilines is 1. The molecule has 1 aromatic carbocycles. The van der Waals surface area contributed by atoms with Crippen LogP contribution in [0.3, 0.4) is 0 Å². The molecule has 2 aliphatic rings. The molecule has 2 aliphatic heterocycles. The van der Waals surface area contributed by atoms with Gasteiger partial charge in [-0.1, -0.05) is 30.3 Å². The standard InChI is InChI=1S/C21H19N5O/c1-2-4-15(5-3-1)17-14-23-20-18(16-6-8-22-9-7-16)24-21(25-19(17)20)26-10-12-27-13-11-26/h1-9H,10-14H2. The van der Waals surface area contributed by atoms with Crippen molar-refractivity contribution in [2.24, 2.45) is 4.99 Å². The minimum Gasteiger partial charge on any atom is -0.378 e. The van der Waals surface area contributed by atoms with Crippen LogP contribution < -0.4 is 15.6 Å². The molecule has 1 fully saturated rings. The molecule has 27 heavy (non-hydrogen) atoms. The molecule has 0 unspecified atom stereocenters. The molecule has 5 rings (SSSR count). The summed E-state index contributed by atoms with van der Waals surface area (Å²) in [5, 5.41) is 1.81. The van der Waals surface area contributed by atoms with Crippen molar-refractivity contribution in [1.82, 2.24) is 15.0 Å². The Morgan fingerprint density at radius 2 is 1.63 bits per heavy atom. The van der Waals surface area contributed by atoms with Crippen molar-refractivity contribution in [1.29, 1.82) is 0 Å². The largest absolute Gasteiger partial charge is 0.378 e. The molecule has 3 aromatic rings. The van der Waals surface area contributed by atoms with Crippen LogP contribution in [-0.2, 0) is 4.74 Å². The maximum absolute atomic E-state index is 5.49. The van der Waals surface area contributed by atoms with E-state index in [-0.39, 0.29) is 0 Å². The number of pyridine rings is 1. The predicted octanol–water partition coefficient (Wildman–Crippen LogP) is 1.21. The summed E-state index contributed by atoms with van der Waals surface area (Å²) < 4.78 is 5.49. The lowest BCUT2D eigenvalue weighted by Crippen LogP contribution is -2.41. The lowest BCUT2D eigenvalue weighted by molar-refractivity contribution is 0.122. The molecule has 0 N–H and O–H groups in total. The monoisotopic (exact) mass is 357 g/mol. The molecule has 0 spiro atoms. The zero-order valence-corrected chi connectivity index (χ0v) is 14.9. The number of hydrogen-bond acceptors (Lipinski definition) is 6. The van der Waals surface area contributed by atoms with Gasteiger partial charge in [0.15, 0.2) is 0 Å². The summed E-state index contributed by atoms with van der Waals surface area (Å²) >= 11 is 0. The van der Waals surface area contributed by atoms with Crippen LogP contribution in [0, 0.1) is 0 Å². The highest BCUT2D eigenvalue weighted by Gasteiger charge is 2.20. The lowest BCUT2D eigenvalue weighted by Gasteiger charge is -2.27. The summed E-state index contributed by atoms with van der Waals surface area (Å²) in [6.45, 7) is 3.62. The molecule has 0 amide bonds. The Hall–Kier alpha value is -3.12. The summed E-state index contributed by atoms with van der Waals surface area (Å²) in [6, 6.07) is 14.3. The number of aromatic nitrogens is 3.